The van der Waals surface area contributed by atoms with Gasteiger partial charge in [-0.25, -0.2) is 9.97 Å². The van der Waals surface area contributed by atoms with Gasteiger partial charge >= 0.3 is 0 Å². The predicted molar refractivity (Wildman–Crippen MR) is 77.0 cm³/mol. The van der Waals surface area contributed by atoms with E-state index in [1.165, 1.54) is 28.5 Å². The minimum absolute atomic E-state index is 0.768. The molecule has 0 saturated heterocycles. The van der Waals surface area contributed by atoms with Crippen LogP contribution in [-0.4, -0.2) is 14.5 Å². The minimum atomic E-state index is 0.768. The first kappa shape index (κ1) is 11.7. The highest BCUT2D eigenvalue weighted by atomic mass is 15.0. The lowest BCUT2D eigenvalue weighted by atomic mass is 10.1. The number of anilines is 1. The van der Waals surface area contributed by atoms with Crippen LogP contribution in [0, 0.1) is 6.92 Å². The van der Waals surface area contributed by atoms with Gasteiger partial charge in [-0.15, -0.1) is 0 Å². The molecule has 1 N–H and O–H groups in total. The molecule has 0 spiro atoms. The van der Waals surface area contributed by atoms with E-state index >= 15 is 0 Å². The van der Waals surface area contributed by atoms with Crippen molar-refractivity contribution in [2.45, 2.75) is 13.5 Å². The van der Waals surface area contributed by atoms with Crippen molar-refractivity contribution < 1.29 is 0 Å². The van der Waals surface area contributed by atoms with E-state index in [0.29, 0.717) is 0 Å². The van der Waals surface area contributed by atoms with E-state index in [4.69, 9.17) is 0 Å². The Kier molecular flexibility index (Phi) is 2.91. The number of hydrogen-bond acceptors (Lipinski definition) is 3. The molecule has 0 bridgehead atoms. The van der Waals surface area contributed by atoms with E-state index in [-0.39, 0.29) is 0 Å². The predicted octanol–water partition coefficient (Wildman–Crippen LogP) is 2.89. The summed E-state index contributed by atoms with van der Waals surface area (Å²) in [4.78, 5) is 8.01. The molecule has 1 aromatic carbocycles. The van der Waals surface area contributed by atoms with Crippen molar-refractivity contribution in [1.82, 2.24) is 14.5 Å². The number of hydrogen-bond donors (Lipinski definition) is 1. The maximum Gasteiger partial charge on any atom is 0.115 e. The van der Waals surface area contributed by atoms with E-state index in [1.54, 1.807) is 12.4 Å². The van der Waals surface area contributed by atoms with Gasteiger partial charge in [0.15, 0.2) is 0 Å². The summed E-state index contributed by atoms with van der Waals surface area (Å²) in [5.74, 6) is 0. The molecular weight excluding hydrogens is 236 g/mol. The summed E-state index contributed by atoms with van der Waals surface area (Å²) in [5, 5.41) is 4.67. The van der Waals surface area contributed by atoms with Crippen molar-refractivity contribution in [1.29, 1.82) is 0 Å². The highest BCUT2D eigenvalue weighted by Gasteiger charge is 2.10. The van der Waals surface area contributed by atoms with Crippen molar-refractivity contribution in [3.05, 3.63) is 54.2 Å². The third kappa shape index (κ3) is 2.05. The van der Waals surface area contributed by atoms with Gasteiger partial charge in [-0.05, 0) is 18.6 Å². The van der Waals surface area contributed by atoms with Gasteiger partial charge < -0.3 is 9.88 Å². The second-order valence-corrected chi connectivity index (χ2v) is 4.63. The lowest BCUT2D eigenvalue weighted by Crippen LogP contribution is -2.06. The third-order valence-corrected chi connectivity index (χ3v) is 3.53. The third-order valence-electron chi connectivity index (χ3n) is 3.53. The Morgan fingerprint density at radius 2 is 1.89 bits per heavy atom. The number of aryl methyl sites for hydroxylation is 2. The summed E-state index contributed by atoms with van der Waals surface area (Å²) in [5.41, 5.74) is 4.81. The van der Waals surface area contributed by atoms with Crippen LogP contribution in [0.25, 0.3) is 10.9 Å². The van der Waals surface area contributed by atoms with Gasteiger partial charge in [0.2, 0.25) is 0 Å². The molecule has 96 valence electrons. The SMILES string of the molecule is Cc1c(CNc2cncnc2)n(C)c2ccccc12. The van der Waals surface area contributed by atoms with Gasteiger partial charge in [-0.3, -0.25) is 0 Å². The van der Waals surface area contributed by atoms with Crippen LogP contribution in [-0.2, 0) is 13.6 Å². The molecule has 4 nitrogen and oxygen atoms in total. The molecule has 0 aliphatic rings. The minimum Gasteiger partial charge on any atom is -0.377 e. The van der Waals surface area contributed by atoms with Crippen molar-refractivity contribution >= 4 is 16.6 Å². The molecule has 0 atom stereocenters. The second kappa shape index (κ2) is 4.72. The highest BCUT2D eigenvalue weighted by Crippen LogP contribution is 2.24. The summed E-state index contributed by atoms with van der Waals surface area (Å²) in [6.45, 7) is 2.94. The van der Waals surface area contributed by atoms with Gasteiger partial charge in [0, 0.05) is 23.6 Å². The van der Waals surface area contributed by atoms with Crippen molar-refractivity contribution in [2.24, 2.45) is 7.05 Å². The molecular formula is C15H16N4. The standard InChI is InChI=1S/C15H16N4/c1-11-13-5-3-4-6-14(13)19(2)15(11)9-18-12-7-16-10-17-8-12/h3-8,10,18H,9H2,1-2H3. The van der Waals surface area contributed by atoms with E-state index in [9.17, 15) is 0 Å². The Balaban J connectivity index is 1.93. The average molecular weight is 252 g/mol. The normalized spacial score (nSPS) is 10.8. The topological polar surface area (TPSA) is 42.7 Å². The molecule has 3 rings (SSSR count). The molecule has 4 heteroatoms. The molecule has 0 unspecified atom stereocenters. The maximum absolute atomic E-state index is 4.00. The van der Waals surface area contributed by atoms with Crippen LogP contribution in [0.4, 0.5) is 5.69 Å². The van der Waals surface area contributed by atoms with Crippen LogP contribution in [0.3, 0.4) is 0 Å². The van der Waals surface area contributed by atoms with Crippen LogP contribution in [0.2, 0.25) is 0 Å². The Bertz CT molecular complexity index is 662. The quantitative estimate of drug-likeness (QED) is 0.779. The number of nitrogens with one attached hydrogen (secondary N) is 1. The van der Waals surface area contributed by atoms with Gasteiger partial charge in [0.05, 0.1) is 24.6 Å². The molecule has 0 amide bonds. The first-order valence-electron chi connectivity index (χ1n) is 6.29. The van der Waals surface area contributed by atoms with E-state index < -0.39 is 0 Å². The molecule has 0 aliphatic heterocycles. The summed E-state index contributed by atoms with van der Waals surface area (Å²) in [6.07, 6.45) is 5.10. The zero-order chi connectivity index (χ0) is 13.2. The lowest BCUT2D eigenvalue weighted by molar-refractivity contribution is 0.861. The van der Waals surface area contributed by atoms with Crippen LogP contribution < -0.4 is 5.32 Å². The average Bonchev–Trinajstić information content (AvgIpc) is 2.71. The van der Waals surface area contributed by atoms with Gasteiger partial charge in [-0.1, -0.05) is 18.2 Å². The molecule has 0 saturated carbocycles. The number of aromatic nitrogens is 3. The molecule has 19 heavy (non-hydrogen) atoms. The molecule has 2 aromatic heterocycles. The zero-order valence-corrected chi connectivity index (χ0v) is 11.1. The van der Waals surface area contributed by atoms with Crippen LogP contribution in [0.5, 0.6) is 0 Å². The summed E-state index contributed by atoms with van der Waals surface area (Å²) in [6, 6.07) is 8.47. The van der Waals surface area contributed by atoms with Crippen LogP contribution in [0.15, 0.2) is 43.0 Å². The summed E-state index contributed by atoms with van der Waals surface area (Å²) in [7, 11) is 2.10. The van der Waals surface area contributed by atoms with Gasteiger partial charge in [0.25, 0.3) is 0 Å². The first-order valence-corrected chi connectivity index (χ1v) is 6.29. The maximum atomic E-state index is 4.00. The lowest BCUT2D eigenvalue weighted by Gasteiger charge is -2.08. The number of fused-ring (bicyclic) bond motifs is 1. The van der Waals surface area contributed by atoms with Crippen LogP contribution in [0.1, 0.15) is 11.3 Å². The Morgan fingerprint density at radius 3 is 2.63 bits per heavy atom. The van der Waals surface area contributed by atoms with Crippen molar-refractivity contribution in [2.75, 3.05) is 5.32 Å². The molecule has 0 fully saturated rings. The molecule has 0 radical (unpaired) electrons. The zero-order valence-electron chi connectivity index (χ0n) is 11.1. The van der Waals surface area contributed by atoms with Crippen molar-refractivity contribution in [3.63, 3.8) is 0 Å². The molecule has 0 aliphatic carbocycles. The number of rotatable bonds is 3. The van der Waals surface area contributed by atoms with E-state index in [1.807, 2.05) is 0 Å². The fourth-order valence-corrected chi connectivity index (χ4v) is 2.46. The first-order chi connectivity index (χ1) is 9.27. The van der Waals surface area contributed by atoms with Gasteiger partial charge in [0.1, 0.15) is 6.33 Å². The fourth-order valence-electron chi connectivity index (χ4n) is 2.46. The second-order valence-electron chi connectivity index (χ2n) is 4.63. The van der Waals surface area contributed by atoms with Crippen LogP contribution >= 0.6 is 0 Å². The van der Waals surface area contributed by atoms with Crippen molar-refractivity contribution in [3.8, 4) is 0 Å². The number of para-hydroxylation sites is 1. The Hall–Kier alpha value is -2.36. The number of nitrogens with zero attached hydrogens (tertiary/aromatic N) is 3. The van der Waals surface area contributed by atoms with E-state index in [2.05, 4.69) is 58.1 Å². The Labute approximate surface area is 112 Å². The highest BCUT2D eigenvalue weighted by molar-refractivity contribution is 5.85. The fraction of sp³-hybridized carbons (Fsp3) is 0.200. The van der Waals surface area contributed by atoms with E-state index in [0.717, 1.165) is 12.2 Å². The summed E-state index contributed by atoms with van der Waals surface area (Å²) >= 11 is 0. The smallest absolute Gasteiger partial charge is 0.115 e. The Morgan fingerprint density at radius 1 is 1.16 bits per heavy atom. The summed E-state index contributed by atoms with van der Waals surface area (Å²) < 4.78 is 2.24. The monoisotopic (exact) mass is 252 g/mol. The number of benzene rings is 1. The molecule has 3 aromatic rings. The van der Waals surface area contributed by atoms with Gasteiger partial charge in [-0.2, -0.15) is 0 Å². The molecule has 2 heterocycles. The largest absolute Gasteiger partial charge is 0.377 e.